The predicted octanol–water partition coefficient (Wildman–Crippen LogP) is 6.00. The van der Waals surface area contributed by atoms with Gasteiger partial charge in [0, 0.05) is 4.90 Å². The zero-order valence-corrected chi connectivity index (χ0v) is 18.0. The number of hydrogen-bond donors (Lipinski definition) is 0. The van der Waals surface area contributed by atoms with Crippen molar-refractivity contribution in [3.8, 4) is 5.75 Å². The van der Waals surface area contributed by atoms with Gasteiger partial charge in [-0.25, -0.2) is 0 Å². The van der Waals surface area contributed by atoms with Crippen LogP contribution in [0.5, 0.6) is 5.75 Å². The summed E-state index contributed by atoms with van der Waals surface area (Å²) in [5, 5.41) is 11.3. The molecule has 154 valence electrons. The van der Waals surface area contributed by atoms with Crippen LogP contribution in [0.15, 0.2) is 29.2 Å². The van der Waals surface area contributed by atoms with Crippen molar-refractivity contribution in [2.75, 3.05) is 5.75 Å². The van der Waals surface area contributed by atoms with Crippen LogP contribution in [-0.2, 0) is 4.79 Å². The molecule has 1 unspecified atom stereocenters. The van der Waals surface area contributed by atoms with E-state index in [1.165, 1.54) is 56.3 Å². The molecule has 1 rings (SSSR count). The van der Waals surface area contributed by atoms with Crippen LogP contribution in [0.4, 0.5) is 0 Å². The molecule has 0 aromatic heterocycles. The van der Waals surface area contributed by atoms with E-state index in [2.05, 4.69) is 13.8 Å². The first-order valence-electron chi connectivity index (χ1n) is 10.8. The standard InChI is InChI=1S/C23H38O3S/c1-3-5-7-9-10-12-14-22(23(24)25)26-20-15-17-21(18-16-20)27-19-13-11-8-6-4-2/h15-18,22H,3-14,19H2,1-2H3,(H,24,25)/p-1. The molecule has 0 N–H and O–H groups in total. The summed E-state index contributed by atoms with van der Waals surface area (Å²) in [7, 11) is 0. The fraction of sp³-hybridized carbons (Fsp3) is 0.696. The number of rotatable bonds is 17. The van der Waals surface area contributed by atoms with E-state index in [-0.39, 0.29) is 0 Å². The van der Waals surface area contributed by atoms with Crippen molar-refractivity contribution in [2.45, 2.75) is 102 Å². The Kier molecular flexibility index (Phi) is 14.0. The molecule has 1 atom stereocenters. The molecule has 0 fully saturated rings. The van der Waals surface area contributed by atoms with E-state index < -0.39 is 12.1 Å². The molecule has 0 amide bonds. The zero-order valence-electron chi connectivity index (χ0n) is 17.2. The zero-order chi connectivity index (χ0) is 19.7. The van der Waals surface area contributed by atoms with E-state index in [1.54, 1.807) is 0 Å². The van der Waals surface area contributed by atoms with Gasteiger partial charge in [-0.2, -0.15) is 0 Å². The highest BCUT2D eigenvalue weighted by atomic mass is 32.2. The number of carbonyl (C=O) groups is 1. The van der Waals surface area contributed by atoms with Crippen molar-refractivity contribution in [1.29, 1.82) is 0 Å². The molecule has 0 spiro atoms. The van der Waals surface area contributed by atoms with Crippen LogP contribution >= 0.6 is 11.8 Å². The van der Waals surface area contributed by atoms with Crippen LogP contribution in [0, 0.1) is 0 Å². The second-order valence-corrected chi connectivity index (χ2v) is 8.38. The maximum Gasteiger partial charge on any atom is 0.138 e. The molecule has 0 heterocycles. The summed E-state index contributed by atoms with van der Waals surface area (Å²) in [6.45, 7) is 4.42. The highest BCUT2D eigenvalue weighted by Gasteiger charge is 2.11. The summed E-state index contributed by atoms with van der Waals surface area (Å²) in [4.78, 5) is 12.6. The van der Waals surface area contributed by atoms with Gasteiger partial charge >= 0.3 is 0 Å². The van der Waals surface area contributed by atoms with E-state index >= 15 is 0 Å². The Bertz CT molecular complexity index is 487. The first-order chi connectivity index (χ1) is 13.2. The minimum Gasteiger partial charge on any atom is -0.546 e. The van der Waals surface area contributed by atoms with Crippen molar-refractivity contribution in [2.24, 2.45) is 0 Å². The predicted molar refractivity (Wildman–Crippen MR) is 113 cm³/mol. The normalized spacial score (nSPS) is 12.1. The number of unbranched alkanes of at least 4 members (excludes halogenated alkanes) is 9. The molecule has 0 aliphatic rings. The molecule has 0 saturated carbocycles. The Hall–Kier alpha value is -1.16. The van der Waals surface area contributed by atoms with Crippen molar-refractivity contribution in [3.05, 3.63) is 24.3 Å². The maximum atomic E-state index is 11.3. The minimum absolute atomic E-state index is 0.517. The lowest BCUT2D eigenvalue weighted by molar-refractivity contribution is -0.313. The fourth-order valence-electron chi connectivity index (χ4n) is 3.01. The van der Waals surface area contributed by atoms with Crippen molar-refractivity contribution >= 4 is 17.7 Å². The Morgan fingerprint density at radius 3 is 2.04 bits per heavy atom. The Morgan fingerprint density at radius 2 is 1.44 bits per heavy atom. The summed E-state index contributed by atoms with van der Waals surface area (Å²) < 4.78 is 5.66. The van der Waals surface area contributed by atoms with E-state index in [0.29, 0.717) is 12.2 Å². The highest BCUT2D eigenvalue weighted by Crippen LogP contribution is 2.24. The van der Waals surface area contributed by atoms with Crippen LogP contribution in [0.1, 0.15) is 90.9 Å². The van der Waals surface area contributed by atoms with Crippen LogP contribution in [0.3, 0.4) is 0 Å². The van der Waals surface area contributed by atoms with Crippen molar-refractivity contribution < 1.29 is 14.6 Å². The first-order valence-corrected chi connectivity index (χ1v) is 11.8. The van der Waals surface area contributed by atoms with Gasteiger partial charge < -0.3 is 14.6 Å². The number of ether oxygens (including phenoxy) is 1. The molecule has 3 nitrogen and oxygen atoms in total. The molecule has 27 heavy (non-hydrogen) atoms. The third-order valence-electron chi connectivity index (χ3n) is 4.70. The number of carboxylic acids is 1. The number of hydrogen-bond acceptors (Lipinski definition) is 4. The molecule has 0 aliphatic carbocycles. The lowest BCUT2D eigenvalue weighted by Gasteiger charge is -2.20. The number of aliphatic carboxylic acids is 1. The van der Waals surface area contributed by atoms with E-state index in [0.717, 1.165) is 25.0 Å². The van der Waals surface area contributed by atoms with Gasteiger partial charge in [-0.05, 0) is 49.3 Å². The monoisotopic (exact) mass is 393 g/mol. The van der Waals surface area contributed by atoms with Crippen molar-refractivity contribution in [1.82, 2.24) is 0 Å². The molecule has 1 aromatic carbocycles. The highest BCUT2D eigenvalue weighted by molar-refractivity contribution is 7.99. The molecule has 0 bridgehead atoms. The Morgan fingerprint density at radius 1 is 0.889 bits per heavy atom. The van der Waals surface area contributed by atoms with Crippen molar-refractivity contribution in [3.63, 3.8) is 0 Å². The Labute approximate surface area is 170 Å². The smallest absolute Gasteiger partial charge is 0.138 e. The molecular weight excluding hydrogens is 356 g/mol. The van der Waals surface area contributed by atoms with Gasteiger partial charge in [-0.1, -0.05) is 71.6 Å². The summed E-state index contributed by atoms with van der Waals surface area (Å²) in [6, 6.07) is 7.78. The molecule has 0 radical (unpaired) electrons. The number of benzene rings is 1. The summed E-state index contributed by atoms with van der Waals surface area (Å²) in [6.07, 6.45) is 12.9. The summed E-state index contributed by atoms with van der Waals surface area (Å²) in [5.74, 6) is 0.625. The average Bonchev–Trinajstić information content (AvgIpc) is 2.67. The lowest BCUT2D eigenvalue weighted by Crippen LogP contribution is -2.39. The summed E-state index contributed by atoms with van der Waals surface area (Å²) >= 11 is 1.85. The fourth-order valence-corrected chi connectivity index (χ4v) is 3.92. The molecule has 0 aliphatic heterocycles. The van der Waals surface area contributed by atoms with Gasteiger partial charge in [0.05, 0.1) is 5.97 Å². The van der Waals surface area contributed by atoms with E-state index in [9.17, 15) is 9.90 Å². The summed E-state index contributed by atoms with van der Waals surface area (Å²) in [5.41, 5.74) is 0. The van der Waals surface area contributed by atoms with Crippen LogP contribution < -0.4 is 9.84 Å². The Balaban J connectivity index is 2.30. The van der Waals surface area contributed by atoms with E-state index in [1.807, 2.05) is 36.0 Å². The number of carbonyl (C=O) groups excluding carboxylic acids is 1. The number of thioether (sulfide) groups is 1. The van der Waals surface area contributed by atoms with Gasteiger partial charge in [0.15, 0.2) is 0 Å². The molecular formula is C23H37O3S-. The third-order valence-corrected chi connectivity index (χ3v) is 5.80. The lowest BCUT2D eigenvalue weighted by atomic mass is 10.1. The molecule has 4 heteroatoms. The molecule has 1 aromatic rings. The second-order valence-electron chi connectivity index (χ2n) is 7.22. The van der Waals surface area contributed by atoms with Crippen LogP contribution in [0.2, 0.25) is 0 Å². The van der Waals surface area contributed by atoms with Gasteiger partial charge in [-0.3, -0.25) is 0 Å². The molecule has 0 saturated heterocycles. The largest absolute Gasteiger partial charge is 0.546 e. The van der Waals surface area contributed by atoms with Gasteiger partial charge in [0.1, 0.15) is 11.9 Å². The topological polar surface area (TPSA) is 49.4 Å². The average molecular weight is 394 g/mol. The van der Waals surface area contributed by atoms with Gasteiger partial charge in [-0.15, -0.1) is 11.8 Å². The van der Waals surface area contributed by atoms with Crippen LogP contribution in [-0.4, -0.2) is 17.8 Å². The van der Waals surface area contributed by atoms with E-state index in [4.69, 9.17) is 4.74 Å². The van der Waals surface area contributed by atoms with Gasteiger partial charge in [0.25, 0.3) is 0 Å². The minimum atomic E-state index is -1.12. The number of carboxylic acid groups (broad SMARTS) is 1. The van der Waals surface area contributed by atoms with Crippen LogP contribution in [0.25, 0.3) is 0 Å². The quantitative estimate of drug-likeness (QED) is 0.241. The maximum absolute atomic E-state index is 11.3. The third kappa shape index (κ3) is 12.0. The van der Waals surface area contributed by atoms with Gasteiger partial charge in [0.2, 0.25) is 0 Å². The first kappa shape index (κ1) is 23.9. The SMILES string of the molecule is CCCCCCCCC(Oc1ccc(SCCCCCCC)cc1)C(=O)[O-]. The second kappa shape index (κ2) is 15.9.